The van der Waals surface area contributed by atoms with Gasteiger partial charge in [0, 0.05) is 9.35 Å². The molecule has 0 bridgehead atoms. The van der Waals surface area contributed by atoms with Crippen LogP contribution in [0.1, 0.15) is 20.1 Å². The van der Waals surface area contributed by atoms with E-state index in [4.69, 9.17) is 10.5 Å². The van der Waals surface area contributed by atoms with Crippen LogP contribution in [0.2, 0.25) is 0 Å². The van der Waals surface area contributed by atoms with E-state index in [0.717, 1.165) is 9.35 Å². The van der Waals surface area contributed by atoms with Crippen LogP contribution in [0.15, 0.2) is 28.7 Å². The number of ketones is 1. The molecule has 0 saturated heterocycles. The number of methoxy groups -OCH3 is 1. The lowest BCUT2D eigenvalue weighted by Crippen LogP contribution is -2.04. The van der Waals surface area contributed by atoms with Crippen LogP contribution in [0.5, 0.6) is 5.75 Å². The van der Waals surface area contributed by atoms with Crippen LogP contribution < -0.4 is 10.5 Å². The van der Waals surface area contributed by atoms with Crippen molar-refractivity contribution in [2.45, 2.75) is 6.92 Å². The highest BCUT2D eigenvalue weighted by Gasteiger charge is 2.18. The first-order valence-electron chi connectivity index (χ1n) is 5.27. The molecular formula is C13H12BrNO2S. The molecule has 0 aliphatic carbocycles. The molecule has 2 aromatic rings. The number of ether oxygens (including phenoxy) is 1. The third kappa shape index (κ3) is 2.28. The average Bonchev–Trinajstić information content (AvgIpc) is 2.68. The minimum atomic E-state index is -0.0713. The van der Waals surface area contributed by atoms with Crippen LogP contribution in [-0.4, -0.2) is 12.9 Å². The fourth-order valence-corrected chi connectivity index (χ4v) is 3.15. The quantitative estimate of drug-likeness (QED) is 0.692. The van der Waals surface area contributed by atoms with Gasteiger partial charge in [-0.05, 0) is 41.1 Å². The van der Waals surface area contributed by atoms with E-state index in [9.17, 15) is 4.79 Å². The van der Waals surface area contributed by atoms with Crippen molar-refractivity contribution in [3.8, 4) is 5.75 Å². The number of nitrogens with two attached hydrogens (primary N) is 1. The molecule has 3 nitrogen and oxygen atoms in total. The zero-order valence-corrected chi connectivity index (χ0v) is 12.4. The Balaban J connectivity index is 2.49. The lowest BCUT2D eigenvalue weighted by molar-refractivity contribution is 0.103. The molecule has 0 atom stereocenters. The summed E-state index contributed by atoms with van der Waals surface area (Å²) in [4.78, 5) is 14.1. The highest BCUT2D eigenvalue weighted by Crippen LogP contribution is 2.32. The van der Waals surface area contributed by atoms with Crippen LogP contribution in [0, 0.1) is 6.92 Å². The Bertz CT molecular complexity index is 588. The van der Waals surface area contributed by atoms with Gasteiger partial charge in [-0.1, -0.05) is 6.07 Å². The van der Waals surface area contributed by atoms with E-state index in [2.05, 4.69) is 15.9 Å². The first-order chi connectivity index (χ1) is 8.54. The number of carbonyl (C=O) groups excluding carboxylic acids is 1. The second-order valence-electron chi connectivity index (χ2n) is 3.77. The monoisotopic (exact) mass is 325 g/mol. The normalized spacial score (nSPS) is 10.4. The van der Waals surface area contributed by atoms with E-state index in [1.54, 1.807) is 18.2 Å². The van der Waals surface area contributed by atoms with Crippen molar-refractivity contribution in [2.24, 2.45) is 0 Å². The number of hydrogen-bond donors (Lipinski definition) is 1. The number of para-hydroxylation sites is 1. The number of halogens is 1. The number of rotatable bonds is 3. The summed E-state index contributed by atoms with van der Waals surface area (Å²) in [6, 6.07) is 7.01. The standard InChI is InChI=1S/C13H12BrNO2S/c1-7-9(14)6-11(18-7)12(16)8-4-3-5-10(15)13(8)17-2/h3-6H,15H2,1-2H3. The molecule has 94 valence electrons. The van der Waals surface area contributed by atoms with Gasteiger partial charge in [0.15, 0.2) is 5.75 Å². The van der Waals surface area contributed by atoms with E-state index >= 15 is 0 Å². The summed E-state index contributed by atoms with van der Waals surface area (Å²) in [6.07, 6.45) is 0. The highest BCUT2D eigenvalue weighted by molar-refractivity contribution is 9.10. The molecule has 1 heterocycles. The Kier molecular flexibility index (Phi) is 3.73. The van der Waals surface area contributed by atoms with E-state index < -0.39 is 0 Å². The Morgan fingerprint density at radius 1 is 1.44 bits per heavy atom. The molecule has 2 rings (SSSR count). The number of aryl methyl sites for hydroxylation is 1. The Morgan fingerprint density at radius 3 is 2.72 bits per heavy atom. The molecule has 0 aliphatic rings. The summed E-state index contributed by atoms with van der Waals surface area (Å²) in [5.74, 6) is 0.364. The van der Waals surface area contributed by atoms with Crippen molar-refractivity contribution in [3.63, 3.8) is 0 Å². The molecular weight excluding hydrogens is 314 g/mol. The fraction of sp³-hybridized carbons (Fsp3) is 0.154. The second kappa shape index (κ2) is 5.12. The predicted molar refractivity (Wildman–Crippen MR) is 77.6 cm³/mol. The number of carbonyl (C=O) groups is 1. The summed E-state index contributed by atoms with van der Waals surface area (Å²) in [7, 11) is 1.51. The van der Waals surface area contributed by atoms with Gasteiger partial charge < -0.3 is 10.5 Å². The van der Waals surface area contributed by atoms with Gasteiger partial charge in [-0.15, -0.1) is 11.3 Å². The fourth-order valence-electron chi connectivity index (χ4n) is 1.67. The van der Waals surface area contributed by atoms with Crippen molar-refractivity contribution in [1.29, 1.82) is 0 Å². The number of thiophene rings is 1. The molecule has 0 saturated carbocycles. The summed E-state index contributed by atoms with van der Waals surface area (Å²) >= 11 is 4.86. The molecule has 0 aliphatic heterocycles. The first kappa shape index (κ1) is 13.1. The van der Waals surface area contributed by atoms with Crippen molar-refractivity contribution in [2.75, 3.05) is 12.8 Å². The third-order valence-corrected chi connectivity index (χ3v) is 4.71. The Labute approximate surface area is 118 Å². The maximum atomic E-state index is 12.4. The smallest absolute Gasteiger partial charge is 0.206 e. The largest absolute Gasteiger partial charge is 0.494 e. The summed E-state index contributed by atoms with van der Waals surface area (Å²) in [5.41, 5.74) is 6.76. The van der Waals surface area contributed by atoms with Gasteiger partial charge in [0.25, 0.3) is 0 Å². The van der Waals surface area contributed by atoms with Gasteiger partial charge >= 0.3 is 0 Å². The SMILES string of the molecule is COc1c(N)cccc1C(=O)c1cc(Br)c(C)s1. The Morgan fingerprint density at radius 2 is 2.17 bits per heavy atom. The molecule has 0 fully saturated rings. The molecule has 18 heavy (non-hydrogen) atoms. The number of benzene rings is 1. The van der Waals surface area contributed by atoms with Crippen LogP contribution >= 0.6 is 27.3 Å². The van der Waals surface area contributed by atoms with Gasteiger partial charge in [-0.25, -0.2) is 0 Å². The topological polar surface area (TPSA) is 52.3 Å². The van der Waals surface area contributed by atoms with Crippen molar-refractivity contribution < 1.29 is 9.53 Å². The van der Waals surface area contributed by atoms with Crippen molar-refractivity contribution in [1.82, 2.24) is 0 Å². The lowest BCUT2D eigenvalue weighted by Gasteiger charge is -2.08. The molecule has 0 amide bonds. The number of nitrogen functional groups attached to an aromatic ring is 1. The summed E-state index contributed by atoms with van der Waals surface area (Å²) in [6.45, 7) is 1.96. The predicted octanol–water partition coefficient (Wildman–Crippen LogP) is 3.64. The highest BCUT2D eigenvalue weighted by atomic mass is 79.9. The Hall–Kier alpha value is -1.33. The zero-order chi connectivity index (χ0) is 13.3. The van der Waals surface area contributed by atoms with Gasteiger partial charge in [0.2, 0.25) is 5.78 Å². The van der Waals surface area contributed by atoms with Crippen molar-refractivity contribution >= 4 is 38.7 Å². The van der Waals surface area contributed by atoms with E-state index in [0.29, 0.717) is 21.9 Å². The average molecular weight is 326 g/mol. The lowest BCUT2D eigenvalue weighted by atomic mass is 10.1. The van der Waals surface area contributed by atoms with Gasteiger partial charge in [-0.3, -0.25) is 4.79 Å². The van der Waals surface area contributed by atoms with E-state index in [1.165, 1.54) is 18.4 Å². The zero-order valence-electron chi connectivity index (χ0n) is 9.99. The molecule has 1 aromatic carbocycles. The molecule has 5 heteroatoms. The summed E-state index contributed by atoms with van der Waals surface area (Å²) < 4.78 is 6.15. The van der Waals surface area contributed by atoms with Gasteiger partial charge in [0.1, 0.15) is 0 Å². The minimum Gasteiger partial charge on any atom is -0.494 e. The van der Waals surface area contributed by atoms with Crippen LogP contribution in [-0.2, 0) is 0 Å². The second-order valence-corrected chi connectivity index (χ2v) is 5.88. The molecule has 0 spiro atoms. The maximum Gasteiger partial charge on any atom is 0.206 e. The van der Waals surface area contributed by atoms with Crippen LogP contribution in [0.4, 0.5) is 5.69 Å². The van der Waals surface area contributed by atoms with E-state index in [1.807, 2.05) is 13.0 Å². The maximum absolute atomic E-state index is 12.4. The van der Waals surface area contributed by atoms with E-state index in [-0.39, 0.29) is 5.78 Å². The summed E-state index contributed by atoms with van der Waals surface area (Å²) in [5, 5.41) is 0. The van der Waals surface area contributed by atoms with Crippen molar-refractivity contribution in [3.05, 3.63) is 44.1 Å². The molecule has 0 radical (unpaired) electrons. The minimum absolute atomic E-state index is 0.0713. The molecule has 1 aromatic heterocycles. The molecule has 0 unspecified atom stereocenters. The first-order valence-corrected chi connectivity index (χ1v) is 6.88. The van der Waals surface area contributed by atoms with Crippen LogP contribution in [0.25, 0.3) is 0 Å². The number of hydrogen-bond acceptors (Lipinski definition) is 4. The molecule has 2 N–H and O–H groups in total. The third-order valence-electron chi connectivity index (χ3n) is 2.58. The number of anilines is 1. The van der Waals surface area contributed by atoms with Gasteiger partial charge in [-0.2, -0.15) is 0 Å². The van der Waals surface area contributed by atoms with Crippen LogP contribution in [0.3, 0.4) is 0 Å². The van der Waals surface area contributed by atoms with Gasteiger partial charge in [0.05, 0.1) is 23.2 Å².